The second-order valence-corrected chi connectivity index (χ2v) is 8.82. The Balaban J connectivity index is 1.59. The van der Waals surface area contributed by atoms with Crippen LogP contribution in [0.4, 0.5) is 4.39 Å². The molecule has 2 aliphatic heterocycles. The van der Waals surface area contributed by atoms with E-state index in [2.05, 4.69) is 0 Å². The maximum absolute atomic E-state index is 13.7. The number of piperidine rings is 1. The second kappa shape index (κ2) is 10.2. The van der Waals surface area contributed by atoms with E-state index in [1.54, 1.807) is 25.2 Å². The van der Waals surface area contributed by atoms with E-state index in [1.165, 1.54) is 18.2 Å². The molecule has 0 spiro atoms. The van der Waals surface area contributed by atoms with Gasteiger partial charge in [-0.1, -0.05) is 6.07 Å². The van der Waals surface area contributed by atoms with E-state index in [4.69, 9.17) is 14.5 Å². The van der Waals surface area contributed by atoms with Crippen molar-refractivity contribution in [2.45, 2.75) is 25.7 Å². The van der Waals surface area contributed by atoms with Crippen molar-refractivity contribution in [1.29, 1.82) is 0 Å². The minimum Gasteiger partial charge on any atom is -0.493 e. The molecular formula is C26H29FN2O5. The standard InChI is InChI=1S/C26H29FN2O5/c1-33-23-12-17-6-8-28-22(21(17)14-24(23)34-2)11-19-15-29(9-7-16(19)13-25(30)31)26(32)18-4-3-5-20(27)10-18/h3-5,10,12,14,16,19H,6-9,11,13,15H2,1-2H3,(H,30,31)/t16-,19-/m0/s1. The lowest BCUT2D eigenvalue weighted by molar-refractivity contribution is -0.138. The predicted octanol–water partition coefficient (Wildman–Crippen LogP) is 3.83. The molecule has 2 aliphatic rings. The fourth-order valence-electron chi connectivity index (χ4n) is 5.01. The molecule has 2 heterocycles. The van der Waals surface area contributed by atoms with E-state index in [0.717, 1.165) is 23.3 Å². The maximum atomic E-state index is 13.7. The van der Waals surface area contributed by atoms with Gasteiger partial charge in [0.1, 0.15) is 5.82 Å². The van der Waals surface area contributed by atoms with Crippen molar-refractivity contribution in [2.75, 3.05) is 33.9 Å². The zero-order valence-electron chi connectivity index (χ0n) is 19.4. The van der Waals surface area contributed by atoms with Crippen LogP contribution in [0.3, 0.4) is 0 Å². The Labute approximate surface area is 198 Å². The number of methoxy groups -OCH3 is 2. The van der Waals surface area contributed by atoms with Gasteiger partial charge in [0.15, 0.2) is 11.5 Å². The fraction of sp³-hybridized carbons (Fsp3) is 0.423. The highest BCUT2D eigenvalue weighted by molar-refractivity contribution is 6.03. The van der Waals surface area contributed by atoms with Crippen LogP contribution in [0.2, 0.25) is 0 Å². The van der Waals surface area contributed by atoms with E-state index >= 15 is 0 Å². The number of rotatable bonds is 7. The number of aliphatic carboxylic acids is 1. The molecule has 8 heteroatoms. The lowest BCUT2D eigenvalue weighted by atomic mass is 9.78. The largest absolute Gasteiger partial charge is 0.493 e. The summed E-state index contributed by atoms with van der Waals surface area (Å²) in [6.45, 7) is 1.48. The van der Waals surface area contributed by atoms with Crippen molar-refractivity contribution >= 4 is 17.6 Å². The van der Waals surface area contributed by atoms with Crippen molar-refractivity contribution in [3.63, 3.8) is 0 Å². The van der Waals surface area contributed by atoms with Crippen molar-refractivity contribution in [3.8, 4) is 11.5 Å². The number of carbonyl (C=O) groups is 2. The Hall–Kier alpha value is -3.42. The quantitative estimate of drug-likeness (QED) is 0.667. The second-order valence-electron chi connectivity index (χ2n) is 8.82. The maximum Gasteiger partial charge on any atom is 0.303 e. The van der Waals surface area contributed by atoms with Gasteiger partial charge in [-0.05, 0) is 67.0 Å². The summed E-state index contributed by atoms with van der Waals surface area (Å²) in [4.78, 5) is 31.1. The molecule has 1 saturated heterocycles. The third-order valence-corrected chi connectivity index (χ3v) is 6.75. The van der Waals surface area contributed by atoms with E-state index in [1.807, 2.05) is 12.1 Å². The number of carbonyl (C=O) groups excluding carboxylic acids is 1. The molecule has 7 nitrogen and oxygen atoms in total. The van der Waals surface area contributed by atoms with E-state index < -0.39 is 11.8 Å². The van der Waals surface area contributed by atoms with Crippen LogP contribution >= 0.6 is 0 Å². The lowest BCUT2D eigenvalue weighted by Gasteiger charge is -2.39. The molecular weight excluding hydrogens is 439 g/mol. The van der Waals surface area contributed by atoms with Gasteiger partial charge in [-0.15, -0.1) is 0 Å². The number of fused-ring (bicyclic) bond motifs is 1. The molecule has 0 unspecified atom stereocenters. The Morgan fingerprint density at radius 1 is 1.15 bits per heavy atom. The van der Waals surface area contributed by atoms with E-state index in [9.17, 15) is 19.1 Å². The van der Waals surface area contributed by atoms with Gasteiger partial charge in [0.05, 0.1) is 14.2 Å². The van der Waals surface area contributed by atoms with E-state index in [0.29, 0.717) is 49.5 Å². The molecule has 180 valence electrons. The van der Waals surface area contributed by atoms with Gasteiger partial charge in [-0.2, -0.15) is 0 Å². The topological polar surface area (TPSA) is 88.4 Å². The number of hydrogen-bond acceptors (Lipinski definition) is 5. The van der Waals surface area contributed by atoms with Crippen LogP contribution in [-0.4, -0.2) is 61.4 Å². The number of ether oxygens (including phenoxy) is 2. The first-order valence-electron chi connectivity index (χ1n) is 11.4. The molecule has 4 rings (SSSR count). The molecule has 0 bridgehead atoms. The summed E-state index contributed by atoms with van der Waals surface area (Å²) >= 11 is 0. The summed E-state index contributed by atoms with van der Waals surface area (Å²) in [5.41, 5.74) is 3.28. The van der Waals surface area contributed by atoms with Crippen molar-refractivity contribution in [2.24, 2.45) is 16.8 Å². The third-order valence-electron chi connectivity index (χ3n) is 6.75. The van der Waals surface area contributed by atoms with Crippen molar-refractivity contribution < 1.29 is 28.6 Å². The average molecular weight is 469 g/mol. The Morgan fingerprint density at radius 3 is 2.62 bits per heavy atom. The van der Waals surface area contributed by atoms with Gasteiger partial charge in [0.2, 0.25) is 0 Å². The summed E-state index contributed by atoms with van der Waals surface area (Å²) < 4.78 is 24.6. The number of benzene rings is 2. The minimum atomic E-state index is -0.850. The summed E-state index contributed by atoms with van der Waals surface area (Å²) in [5, 5.41) is 9.47. The monoisotopic (exact) mass is 468 g/mol. The van der Waals surface area contributed by atoms with Crippen LogP contribution in [0, 0.1) is 17.7 Å². The molecule has 2 atom stereocenters. The number of halogens is 1. The molecule has 0 radical (unpaired) electrons. The van der Waals surface area contributed by atoms with Gasteiger partial charge in [0.25, 0.3) is 5.91 Å². The van der Waals surface area contributed by atoms with Crippen molar-refractivity contribution in [3.05, 3.63) is 58.9 Å². The van der Waals surface area contributed by atoms with Crippen LogP contribution in [0.1, 0.15) is 40.7 Å². The number of aliphatic imine (C=N–C) groups is 1. The number of likely N-dealkylation sites (tertiary alicyclic amines) is 1. The lowest BCUT2D eigenvalue weighted by Crippen LogP contribution is -2.45. The number of amides is 1. The average Bonchev–Trinajstić information content (AvgIpc) is 2.83. The third kappa shape index (κ3) is 5.05. The first-order valence-corrected chi connectivity index (χ1v) is 11.4. The van der Waals surface area contributed by atoms with Crippen LogP contribution in [0.25, 0.3) is 0 Å². The highest BCUT2D eigenvalue weighted by Crippen LogP contribution is 2.36. The highest BCUT2D eigenvalue weighted by Gasteiger charge is 2.35. The molecule has 1 fully saturated rings. The highest BCUT2D eigenvalue weighted by atomic mass is 19.1. The summed E-state index contributed by atoms with van der Waals surface area (Å²) in [5.74, 6) is -0.434. The van der Waals surface area contributed by atoms with Gasteiger partial charge < -0.3 is 19.5 Å². The summed E-state index contributed by atoms with van der Waals surface area (Å²) in [6, 6.07) is 9.56. The zero-order chi connectivity index (χ0) is 24.2. The smallest absolute Gasteiger partial charge is 0.303 e. The van der Waals surface area contributed by atoms with Crippen LogP contribution < -0.4 is 9.47 Å². The first-order chi connectivity index (χ1) is 16.4. The Morgan fingerprint density at radius 2 is 1.91 bits per heavy atom. The van der Waals surface area contributed by atoms with Gasteiger partial charge >= 0.3 is 5.97 Å². The molecule has 2 aromatic carbocycles. The molecule has 1 N–H and O–H groups in total. The Kier molecular flexibility index (Phi) is 7.14. The molecule has 34 heavy (non-hydrogen) atoms. The van der Waals surface area contributed by atoms with Gasteiger partial charge in [-0.25, -0.2) is 4.39 Å². The van der Waals surface area contributed by atoms with Gasteiger partial charge in [-0.3, -0.25) is 14.6 Å². The molecule has 0 aliphatic carbocycles. The minimum absolute atomic E-state index is 0.0404. The molecule has 1 amide bonds. The van der Waals surface area contributed by atoms with Crippen molar-refractivity contribution in [1.82, 2.24) is 4.90 Å². The number of carboxylic acid groups (broad SMARTS) is 1. The molecule has 0 saturated carbocycles. The SMILES string of the molecule is COc1cc2c(cc1OC)C(C[C@H]1CN(C(=O)c3cccc(F)c3)CC[C@H]1CC(=O)O)=NCC2. The Bertz CT molecular complexity index is 1120. The van der Waals surface area contributed by atoms with Crippen LogP contribution in [0.5, 0.6) is 11.5 Å². The van der Waals surface area contributed by atoms with Crippen LogP contribution in [-0.2, 0) is 11.2 Å². The fourth-order valence-corrected chi connectivity index (χ4v) is 5.01. The van der Waals surface area contributed by atoms with E-state index in [-0.39, 0.29) is 24.2 Å². The van der Waals surface area contributed by atoms with Gasteiger partial charge in [0, 0.05) is 42.9 Å². The zero-order valence-corrected chi connectivity index (χ0v) is 19.4. The number of nitrogens with zero attached hydrogens (tertiary/aromatic N) is 2. The van der Waals surface area contributed by atoms with Crippen LogP contribution in [0.15, 0.2) is 41.4 Å². The summed E-state index contributed by atoms with van der Waals surface area (Å²) in [7, 11) is 3.19. The molecule has 2 aromatic rings. The normalized spacial score (nSPS) is 19.7. The first kappa shape index (κ1) is 23.7. The number of hydrogen-bond donors (Lipinski definition) is 1. The predicted molar refractivity (Wildman–Crippen MR) is 125 cm³/mol. The summed E-state index contributed by atoms with van der Waals surface area (Å²) in [6.07, 6.45) is 1.95. The molecule has 0 aromatic heterocycles. The number of carboxylic acids is 1.